The zero-order chi connectivity index (χ0) is 20.5. The van der Waals surface area contributed by atoms with Crippen LogP contribution in [0.1, 0.15) is 60.0 Å². The van der Waals surface area contributed by atoms with Gasteiger partial charge < -0.3 is 10.0 Å². The number of carboxylic acid groups (broad SMARTS) is 1. The maximum Gasteiger partial charge on any atom is 0.336 e. The number of rotatable bonds is 5. The second-order valence-electron chi connectivity index (χ2n) is 8.27. The van der Waals surface area contributed by atoms with Crippen molar-refractivity contribution in [2.75, 3.05) is 20.6 Å². The first-order valence-electron chi connectivity index (χ1n) is 10.4. The number of carboxylic acids is 1. The molecule has 3 heteroatoms. The largest absolute Gasteiger partial charge is 0.478 e. The lowest BCUT2D eigenvalue weighted by Gasteiger charge is -2.22. The van der Waals surface area contributed by atoms with Crippen LogP contribution in [-0.4, -0.2) is 36.6 Å². The number of aromatic carboxylic acids is 1. The Kier molecular flexibility index (Phi) is 8.72. The summed E-state index contributed by atoms with van der Waals surface area (Å²) < 4.78 is 0. The molecule has 152 valence electrons. The number of hydrogen-bond donors (Lipinski definition) is 1. The maximum absolute atomic E-state index is 11.2. The van der Waals surface area contributed by atoms with Crippen molar-refractivity contribution in [3.8, 4) is 11.1 Å². The van der Waals surface area contributed by atoms with Crippen LogP contribution in [0.15, 0.2) is 42.5 Å². The highest BCUT2D eigenvalue weighted by Gasteiger charge is 2.13. The lowest BCUT2D eigenvalue weighted by molar-refractivity contribution is 0.0697. The van der Waals surface area contributed by atoms with Crippen molar-refractivity contribution < 1.29 is 9.90 Å². The highest BCUT2D eigenvalue weighted by Crippen LogP contribution is 2.28. The van der Waals surface area contributed by atoms with Gasteiger partial charge in [0.05, 0.1) is 5.56 Å². The molecule has 28 heavy (non-hydrogen) atoms. The zero-order valence-electron chi connectivity index (χ0n) is 17.9. The standard InChI is InChI=1S/C15H14O2.C10H21N/c1-10-7-8-13(15(16)17)14(9-10)12-6-4-3-5-11(12)2;1-11(2)9-8-10-6-4-3-5-7-10/h3-9H,1-2H3,(H,16,17);10H,3-9H2,1-2H3. The van der Waals surface area contributed by atoms with E-state index in [1.54, 1.807) is 6.07 Å². The van der Waals surface area contributed by atoms with Gasteiger partial charge in [0.15, 0.2) is 0 Å². The molecule has 3 rings (SSSR count). The van der Waals surface area contributed by atoms with Crippen molar-refractivity contribution >= 4 is 5.97 Å². The van der Waals surface area contributed by atoms with Crippen molar-refractivity contribution in [2.24, 2.45) is 5.92 Å². The van der Waals surface area contributed by atoms with Crippen molar-refractivity contribution in [3.63, 3.8) is 0 Å². The molecule has 0 bridgehead atoms. The van der Waals surface area contributed by atoms with E-state index in [4.69, 9.17) is 0 Å². The first-order chi connectivity index (χ1) is 13.4. The Hall–Kier alpha value is -2.13. The average molecular weight is 382 g/mol. The van der Waals surface area contributed by atoms with E-state index < -0.39 is 5.97 Å². The van der Waals surface area contributed by atoms with E-state index in [0.717, 1.165) is 28.2 Å². The van der Waals surface area contributed by atoms with E-state index in [1.165, 1.54) is 45.1 Å². The maximum atomic E-state index is 11.2. The van der Waals surface area contributed by atoms with Crippen molar-refractivity contribution in [2.45, 2.75) is 52.4 Å². The van der Waals surface area contributed by atoms with Crippen molar-refractivity contribution in [3.05, 3.63) is 59.2 Å². The van der Waals surface area contributed by atoms with Gasteiger partial charge in [-0.2, -0.15) is 0 Å². The van der Waals surface area contributed by atoms with Crippen LogP contribution in [-0.2, 0) is 0 Å². The molecule has 0 amide bonds. The molecular formula is C25H35NO2. The van der Waals surface area contributed by atoms with Crippen LogP contribution < -0.4 is 0 Å². The van der Waals surface area contributed by atoms with Crippen LogP contribution >= 0.6 is 0 Å². The van der Waals surface area contributed by atoms with E-state index in [1.807, 2.05) is 50.2 Å². The van der Waals surface area contributed by atoms with Crippen LogP contribution in [0.5, 0.6) is 0 Å². The van der Waals surface area contributed by atoms with Crippen LogP contribution in [0.4, 0.5) is 0 Å². The fraction of sp³-hybridized carbons (Fsp3) is 0.480. The van der Waals surface area contributed by atoms with E-state index >= 15 is 0 Å². The molecule has 0 atom stereocenters. The lowest BCUT2D eigenvalue weighted by atomic mass is 9.87. The molecule has 0 heterocycles. The molecule has 0 unspecified atom stereocenters. The number of carbonyl (C=O) groups is 1. The summed E-state index contributed by atoms with van der Waals surface area (Å²) in [6, 6.07) is 13.2. The SMILES string of the molecule is CN(C)CCC1CCCCC1.Cc1ccc(C(=O)O)c(-c2ccccc2C)c1. The second-order valence-corrected chi connectivity index (χ2v) is 8.27. The highest BCUT2D eigenvalue weighted by molar-refractivity contribution is 5.96. The van der Waals surface area contributed by atoms with Crippen LogP contribution in [0.3, 0.4) is 0 Å². The number of benzene rings is 2. The molecule has 2 aromatic carbocycles. The highest BCUT2D eigenvalue weighted by atomic mass is 16.4. The summed E-state index contributed by atoms with van der Waals surface area (Å²) in [6.45, 7) is 5.24. The van der Waals surface area contributed by atoms with Gasteiger partial charge >= 0.3 is 5.97 Å². The summed E-state index contributed by atoms with van der Waals surface area (Å²) in [5.74, 6) is 0.161. The quantitative estimate of drug-likeness (QED) is 0.671. The van der Waals surface area contributed by atoms with Gasteiger partial charge in [-0.05, 0) is 69.6 Å². The third kappa shape index (κ3) is 6.79. The molecule has 1 aliphatic rings. The Morgan fingerprint density at radius 3 is 2.29 bits per heavy atom. The topological polar surface area (TPSA) is 40.5 Å². The van der Waals surface area contributed by atoms with E-state index in [2.05, 4.69) is 19.0 Å². The molecule has 1 fully saturated rings. The normalized spacial score (nSPS) is 14.5. The zero-order valence-corrected chi connectivity index (χ0v) is 17.9. The molecular weight excluding hydrogens is 346 g/mol. The number of aryl methyl sites for hydroxylation is 2. The van der Waals surface area contributed by atoms with Gasteiger partial charge in [-0.15, -0.1) is 0 Å². The van der Waals surface area contributed by atoms with Gasteiger partial charge in [-0.3, -0.25) is 0 Å². The molecule has 2 aromatic rings. The van der Waals surface area contributed by atoms with Gasteiger partial charge in [-0.25, -0.2) is 4.79 Å². The predicted octanol–water partition coefficient (Wildman–Crippen LogP) is 6.19. The van der Waals surface area contributed by atoms with Crippen molar-refractivity contribution in [1.29, 1.82) is 0 Å². The summed E-state index contributed by atoms with van der Waals surface area (Å²) in [7, 11) is 4.34. The monoisotopic (exact) mass is 381 g/mol. The molecule has 0 aromatic heterocycles. The minimum absolute atomic E-state index is 0.352. The van der Waals surface area contributed by atoms with Crippen LogP contribution in [0.2, 0.25) is 0 Å². The Morgan fingerprint density at radius 2 is 1.68 bits per heavy atom. The molecule has 1 saturated carbocycles. The van der Waals surface area contributed by atoms with Gasteiger partial charge in [-0.1, -0.05) is 74.1 Å². The second kappa shape index (κ2) is 11.0. The fourth-order valence-corrected chi connectivity index (χ4v) is 3.86. The Labute approximate surface area is 170 Å². The fourth-order valence-electron chi connectivity index (χ4n) is 3.86. The summed E-state index contributed by atoms with van der Waals surface area (Å²) in [4.78, 5) is 13.5. The molecule has 0 radical (unpaired) electrons. The summed E-state index contributed by atoms with van der Waals surface area (Å²) in [5, 5.41) is 9.21. The number of hydrogen-bond acceptors (Lipinski definition) is 2. The lowest BCUT2D eigenvalue weighted by Crippen LogP contribution is -2.18. The summed E-state index contributed by atoms with van der Waals surface area (Å²) in [6.07, 6.45) is 8.86. The van der Waals surface area contributed by atoms with E-state index in [0.29, 0.717) is 5.56 Å². The van der Waals surface area contributed by atoms with Gasteiger partial charge in [0.25, 0.3) is 0 Å². The van der Waals surface area contributed by atoms with Crippen LogP contribution in [0.25, 0.3) is 11.1 Å². The summed E-state index contributed by atoms with van der Waals surface area (Å²) in [5.41, 5.74) is 4.27. The third-order valence-corrected chi connectivity index (χ3v) is 5.55. The first kappa shape index (κ1) is 22.2. The number of nitrogens with zero attached hydrogens (tertiary/aromatic N) is 1. The van der Waals surface area contributed by atoms with Gasteiger partial charge in [0, 0.05) is 0 Å². The minimum Gasteiger partial charge on any atom is -0.478 e. The minimum atomic E-state index is -0.886. The van der Waals surface area contributed by atoms with Crippen molar-refractivity contribution in [1.82, 2.24) is 4.90 Å². The first-order valence-corrected chi connectivity index (χ1v) is 10.4. The van der Waals surface area contributed by atoms with Crippen LogP contribution in [0, 0.1) is 19.8 Å². The third-order valence-electron chi connectivity index (χ3n) is 5.55. The molecule has 0 saturated heterocycles. The molecule has 3 nitrogen and oxygen atoms in total. The Bertz CT molecular complexity index is 761. The Morgan fingerprint density at radius 1 is 1.00 bits per heavy atom. The Balaban J connectivity index is 0.000000221. The smallest absolute Gasteiger partial charge is 0.336 e. The molecule has 0 aliphatic heterocycles. The predicted molar refractivity (Wildman–Crippen MR) is 118 cm³/mol. The summed E-state index contributed by atoms with van der Waals surface area (Å²) >= 11 is 0. The molecule has 1 aliphatic carbocycles. The average Bonchev–Trinajstić information content (AvgIpc) is 2.68. The molecule has 0 spiro atoms. The van der Waals surface area contributed by atoms with Gasteiger partial charge in [0.2, 0.25) is 0 Å². The van der Waals surface area contributed by atoms with Gasteiger partial charge in [0.1, 0.15) is 0 Å². The molecule has 1 N–H and O–H groups in total. The van der Waals surface area contributed by atoms with E-state index in [9.17, 15) is 9.90 Å². The van der Waals surface area contributed by atoms with E-state index in [-0.39, 0.29) is 0 Å².